The first-order valence-corrected chi connectivity index (χ1v) is 7.15. The van der Waals surface area contributed by atoms with Gasteiger partial charge in [0.05, 0.1) is 5.69 Å². The maximum Gasteiger partial charge on any atom is 0.167 e. The minimum atomic E-state index is 0.531. The molecule has 0 saturated carbocycles. The number of hydrogen-bond donors (Lipinski definition) is 1. The summed E-state index contributed by atoms with van der Waals surface area (Å²) in [5, 5.41) is 7.64. The summed E-state index contributed by atoms with van der Waals surface area (Å²) in [5.74, 6) is 0.828. The highest BCUT2D eigenvalue weighted by Gasteiger charge is 2.14. The zero-order chi connectivity index (χ0) is 13.8. The maximum absolute atomic E-state index is 5.42. The third kappa shape index (κ3) is 3.26. The fourth-order valence-electron chi connectivity index (χ4n) is 2.40. The van der Waals surface area contributed by atoms with Gasteiger partial charge >= 0.3 is 0 Å². The molecule has 1 aliphatic heterocycles. The van der Waals surface area contributed by atoms with Crippen LogP contribution in [-0.2, 0) is 11.3 Å². The Morgan fingerprint density at radius 1 is 1.20 bits per heavy atom. The van der Waals surface area contributed by atoms with Crippen molar-refractivity contribution < 1.29 is 9.26 Å². The Labute approximate surface area is 119 Å². The third-order valence-electron chi connectivity index (χ3n) is 3.69. The summed E-state index contributed by atoms with van der Waals surface area (Å²) in [5.41, 5.74) is 3.27. The van der Waals surface area contributed by atoms with Gasteiger partial charge in [0.1, 0.15) is 0 Å². The molecule has 1 fully saturated rings. The predicted octanol–water partition coefficient (Wildman–Crippen LogP) is 2.92. The zero-order valence-electron chi connectivity index (χ0n) is 11.8. The van der Waals surface area contributed by atoms with Gasteiger partial charge in [0.25, 0.3) is 0 Å². The number of hydrogen-bond acceptors (Lipinski definition) is 4. The first-order valence-electron chi connectivity index (χ1n) is 7.15. The average Bonchev–Trinajstić information content (AvgIpc) is 2.96. The Balaban J connectivity index is 1.60. The summed E-state index contributed by atoms with van der Waals surface area (Å²) >= 11 is 0. The van der Waals surface area contributed by atoms with Crippen LogP contribution in [0.3, 0.4) is 0 Å². The molecule has 0 aliphatic carbocycles. The van der Waals surface area contributed by atoms with Crippen LogP contribution in [0.1, 0.15) is 24.1 Å². The fraction of sp³-hybridized carbons (Fsp3) is 0.438. The van der Waals surface area contributed by atoms with E-state index in [1.807, 2.05) is 6.07 Å². The Morgan fingerprint density at radius 3 is 2.70 bits per heavy atom. The van der Waals surface area contributed by atoms with E-state index in [9.17, 15) is 0 Å². The second-order valence-electron chi connectivity index (χ2n) is 5.32. The lowest BCUT2D eigenvalue weighted by molar-refractivity contribution is 0.0774. The summed E-state index contributed by atoms with van der Waals surface area (Å²) in [7, 11) is 0. The number of aryl methyl sites for hydroxylation is 1. The van der Waals surface area contributed by atoms with Crippen molar-refractivity contribution in [3.8, 4) is 11.3 Å². The Bertz CT molecular complexity index is 542. The molecule has 1 saturated heterocycles. The van der Waals surface area contributed by atoms with Crippen LogP contribution in [0.2, 0.25) is 0 Å². The molecule has 4 heteroatoms. The molecule has 1 aromatic heterocycles. The number of rotatable bonds is 4. The molecule has 1 aromatic carbocycles. The van der Waals surface area contributed by atoms with Gasteiger partial charge in [-0.15, -0.1) is 0 Å². The summed E-state index contributed by atoms with van der Waals surface area (Å²) in [6.45, 7) is 4.53. The number of benzene rings is 1. The molecule has 0 atom stereocenters. The third-order valence-corrected chi connectivity index (χ3v) is 3.69. The molecule has 1 N–H and O–H groups in total. The van der Waals surface area contributed by atoms with Gasteiger partial charge in [-0.1, -0.05) is 35.0 Å². The quantitative estimate of drug-likeness (QED) is 0.929. The van der Waals surface area contributed by atoms with Gasteiger partial charge in [-0.05, 0) is 19.8 Å². The topological polar surface area (TPSA) is 47.3 Å². The smallest absolute Gasteiger partial charge is 0.167 e. The van der Waals surface area contributed by atoms with E-state index in [0.717, 1.165) is 49.6 Å². The normalized spacial score (nSPS) is 16.4. The monoisotopic (exact) mass is 272 g/mol. The van der Waals surface area contributed by atoms with Crippen molar-refractivity contribution >= 4 is 0 Å². The van der Waals surface area contributed by atoms with E-state index in [-0.39, 0.29) is 0 Å². The molecule has 0 bridgehead atoms. The number of ether oxygens (including phenoxy) is 1. The van der Waals surface area contributed by atoms with Gasteiger partial charge in [-0.3, -0.25) is 0 Å². The van der Waals surface area contributed by atoms with Gasteiger partial charge in [0, 0.05) is 37.4 Å². The zero-order valence-corrected chi connectivity index (χ0v) is 11.8. The molecule has 0 spiro atoms. The standard InChI is InChI=1S/C16H20N2O2/c1-12-2-4-13(5-3-12)16-10-15(18-20-16)11-17-14-6-8-19-9-7-14/h2-5,10,14,17H,6-9,11H2,1H3. The molecule has 0 radical (unpaired) electrons. The maximum atomic E-state index is 5.42. The molecule has 20 heavy (non-hydrogen) atoms. The van der Waals surface area contributed by atoms with Gasteiger partial charge in [0.15, 0.2) is 5.76 Å². The molecule has 1 aliphatic rings. The second kappa shape index (κ2) is 6.20. The number of nitrogens with zero attached hydrogens (tertiary/aromatic N) is 1. The van der Waals surface area contributed by atoms with Gasteiger partial charge in [-0.25, -0.2) is 0 Å². The van der Waals surface area contributed by atoms with Crippen molar-refractivity contribution in [3.63, 3.8) is 0 Å². The van der Waals surface area contributed by atoms with Crippen molar-refractivity contribution in [1.29, 1.82) is 0 Å². The van der Waals surface area contributed by atoms with Crippen molar-refractivity contribution in [2.24, 2.45) is 0 Å². The van der Waals surface area contributed by atoms with Crippen LogP contribution in [-0.4, -0.2) is 24.4 Å². The van der Waals surface area contributed by atoms with E-state index in [2.05, 4.69) is 41.7 Å². The fourth-order valence-corrected chi connectivity index (χ4v) is 2.40. The highest BCUT2D eigenvalue weighted by atomic mass is 16.5. The highest BCUT2D eigenvalue weighted by Crippen LogP contribution is 2.20. The molecule has 0 amide bonds. The van der Waals surface area contributed by atoms with Crippen LogP contribution in [0.25, 0.3) is 11.3 Å². The van der Waals surface area contributed by atoms with Crippen LogP contribution >= 0.6 is 0 Å². The van der Waals surface area contributed by atoms with E-state index < -0.39 is 0 Å². The largest absolute Gasteiger partial charge is 0.381 e. The molecule has 3 rings (SSSR count). The van der Waals surface area contributed by atoms with Gasteiger partial charge in [0.2, 0.25) is 0 Å². The van der Waals surface area contributed by atoms with Crippen molar-refractivity contribution in [2.45, 2.75) is 32.4 Å². The molecular weight excluding hydrogens is 252 g/mol. The molecule has 4 nitrogen and oxygen atoms in total. The molecule has 2 aromatic rings. The van der Waals surface area contributed by atoms with Crippen LogP contribution in [0.5, 0.6) is 0 Å². The SMILES string of the molecule is Cc1ccc(-c2cc(CNC3CCOCC3)no2)cc1. The predicted molar refractivity (Wildman–Crippen MR) is 77.4 cm³/mol. The van der Waals surface area contributed by atoms with Gasteiger partial charge in [-0.2, -0.15) is 0 Å². The van der Waals surface area contributed by atoms with Crippen molar-refractivity contribution in [2.75, 3.05) is 13.2 Å². The molecule has 106 valence electrons. The van der Waals surface area contributed by atoms with Crippen molar-refractivity contribution in [1.82, 2.24) is 10.5 Å². The Hall–Kier alpha value is -1.65. The number of aromatic nitrogens is 1. The van der Waals surface area contributed by atoms with E-state index in [1.165, 1.54) is 5.56 Å². The average molecular weight is 272 g/mol. The highest BCUT2D eigenvalue weighted by molar-refractivity contribution is 5.57. The Morgan fingerprint density at radius 2 is 1.95 bits per heavy atom. The van der Waals surface area contributed by atoms with E-state index >= 15 is 0 Å². The lowest BCUT2D eigenvalue weighted by atomic mass is 10.1. The van der Waals surface area contributed by atoms with E-state index in [0.29, 0.717) is 6.04 Å². The van der Waals surface area contributed by atoms with E-state index in [1.54, 1.807) is 0 Å². The lowest BCUT2D eigenvalue weighted by Gasteiger charge is -2.22. The summed E-state index contributed by atoms with van der Waals surface area (Å²) in [6.07, 6.45) is 2.14. The molecule has 2 heterocycles. The molecule has 0 unspecified atom stereocenters. The van der Waals surface area contributed by atoms with Gasteiger partial charge < -0.3 is 14.6 Å². The Kier molecular flexibility index (Phi) is 4.14. The first kappa shape index (κ1) is 13.3. The second-order valence-corrected chi connectivity index (χ2v) is 5.32. The van der Waals surface area contributed by atoms with Crippen LogP contribution in [0.4, 0.5) is 0 Å². The van der Waals surface area contributed by atoms with E-state index in [4.69, 9.17) is 9.26 Å². The summed E-state index contributed by atoms with van der Waals surface area (Å²) in [6, 6.07) is 10.8. The first-order chi connectivity index (χ1) is 9.81. The summed E-state index contributed by atoms with van der Waals surface area (Å²) < 4.78 is 10.8. The van der Waals surface area contributed by atoms with Crippen LogP contribution < -0.4 is 5.32 Å². The van der Waals surface area contributed by atoms with Crippen LogP contribution in [0.15, 0.2) is 34.9 Å². The van der Waals surface area contributed by atoms with Crippen LogP contribution in [0, 0.1) is 6.92 Å². The number of nitrogens with one attached hydrogen (secondary N) is 1. The van der Waals surface area contributed by atoms with Crippen molar-refractivity contribution in [3.05, 3.63) is 41.6 Å². The summed E-state index contributed by atoms with van der Waals surface area (Å²) in [4.78, 5) is 0. The minimum Gasteiger partial charge on any atom is -0.381 e. The lowest BCUT2D eigenvalue weighted by Crippen LogP contribution is -2.34. The molecular formula is C16H20N2O2. The minimum absolute atomic E-state index is 0.531.